The Morgan fingerprint density at radius 2 is 2.33 bits per heavy atom. The van der Waals surface area contributed by atoms with Crippen LogP contribution < -0.4 is 5.32 Å². The van der Waals surface area contributed by atoms with Crippen LogP contribution in [0.4, 0.5) is 0 Å². The molecule has 3 nitrogen and oxygen atoms in total. The molecule has 0 bridgehead atoms. The molecule has 15 heavy (non-hydrogen) atoms. The van der Waals surface area contributed by atoms with Crippen molar-refractivity contribution in [2.24, 2.45) is 0 Å². The number of hydrogen-bond acceptors (Lipinski definition) is 3. The van der Waals surface area contributed by atoms with E-state index in [-0.39, 0.29) is 0 Å². The van der Waals surface area contributed by atoms with Crippen LogP contribution in [-0.4, -0.2) is 18.6 Å². The first-order valence-electron chi connectivity index (χ1n) is 4.99. The topological polar surface area (TPSA) is 38.1 Å². The largest absolute Gasteiger partial charge is 0.441 e. The van der Waals surface area contributed by atoms with E-state index in [1.807, 2.05) is 25.2 Å². The molecular formula is C11H13ClN2O. The zero-order chi connectivity index (χ0) is 10.7. The Hall–Kier alpha value is -1.06. The minimum absolute atomic E-state index is 0.692. The van der Waals surface area contributed by atoms with Gasteiger partial charge >= 0.3 is 0 Å². The smallest absolute Gasteiger partial charge is 0.195 e. The van der Waals surface area contributed by atoms with Crippen molar-refractivity contribution in [1.29, 1.82) is 0 Å². The maximum Gasteiger partial charge on any atom is 0.195 e. The fourth-order valence-electron chi connectivity index (χ4n) is 1.47. The van der Waals surface area contributed by atoms with Crippen molar-refractivity contribution in [1.82, 2.24) is 10.3 Å². The lowest BCUT2D eigenvalue weighted by Crippen LogP contribution is -2.08. The highest BCUT2D eigenvalue weighted by molar-refractivity contribution is 6.31. The van der Waals surface area contributed by atoms with Gasteiger partial charge in [0.1, 0.15) is 5.52 Å². The van der Waals surface area contributed by atoms with Crippen LogP contribution in [0.1, 0.15) is 12.3 Å². The number of aryl methyl sites for hydroxylation is 1. The monoisotopic (exact) mass is 224 g/mol. The van der Waals surface area contributed by atoms with Gasteiger partial charge in [0, 0.05) is 11.4 Å². The van der Waals surface area contributed by atoms with Crippen molar-refractivity contribution in [2.75, 3.05) is 13.6 Å². The van der Waals surface area contributed by atoms with E-state index in [9.17, 15) is 0 Å². The third-order valence-electron chi connectivity index (χ3n) is 2.21. The summed E-state index contributed by atoms with van der Waals surface area (Å²) in [7, 11) is 1.94. The number of oxazole rings is 1. The zero-order valence-electron chi connectivity index (χ0n) is 8.59. The Morgan fingerprint density at radius 3 is 3.13 bits per heavy atom. The Balaban J connectivity index is 2.16. The first-order valence-corrected chi connectivity index (χ1v) is 5.37. The van der Waals surface area contributed by atoms with E-state index in [0.717, 1.165) is 36.4 Å². The zero-order valence-corrected chi connectivity index (χ0v) is 9.34. The summed E-state index contributed by atoms with van der Waals surface area (Å²) in [6.07, 6.45) is 1.88. The number of hydrogen-bond donors (Lipinski definition) is 1. The minimum Gasteiger partial charge on any atom is -0.441 e. The highest BCUT2D eigenvalue weighted by Crippen LogP contribution is 2.20. The molecule has 1 aromatic carbocycles. The Morgan fingerprint density at radius 1 is 1.47 bits per heavy atom. The summed E-state index contributed by atoms with van der Waals surface area (Å²) < 4.78 is 5.57. The first kappa shape index (κ1) is 10.5. The van der Waals surface area contributed by atoms with E-state index in [1.54, 1.807) is 0 Å². The fraction of sp³-hybridized carbons (Fsp3) is 0.364. The summed E-state index contributed by atoms with van der Waals surface area (Å²) >= 11 is 5.86. The van der Waals surface area contributed by atoms with Crippen LogP contribution in [0.2, 0.25) is 5.02 Å². The van der Waals surface area contributed by atoms with Gasteiger partial charge in [-0.2, -0.15) is 0 Å². The molecule has 0 amide bonds. The Bertz CT molecular complexity index is 453. The second-order valence-corrected chi connectivity index (χ2v) is 3.86. The maximum atomic E-state index is 5.86. The van der Waals surface area contributed by atoms with Crippen LogP contribution in [-0.2, 0) is 6.42 Å². The molecule has 0 fully saturated rings. The molecule has 80 valence electrons. The van der Waals surface area contributed by atoms with Gasteiger partial charge in [0.2, 0.25) is 0 Å². The maximum absolute atomic E-state index is 5.86. The molecule has 2 rings (SSSR count). The van der Waals surface area contributed by atoms with Crippen LogP contribution in [0.15, 0.2) is 22.6 Å². The summed E-state index contributed by atoms with van der Waals surface area (Å²) in [5.74, 6) is 0.780. The quantitative estimate of drug-likeness (QED) is 0.812. The average molecular weight is 225 g/mol. The van der Waals surface area contributed by atoms with E-state index in [4.69, 9.17) is 16.0 Å². The van der Waals surface area contributed by atoms with Crippen LogP contribution in [0.3, 0.4) is 0 Å². The van der Waals surface area contributed by atoms with Gasteiger partial charge in [-0.3, -0.25) is 0 Å². The van der Waals surface area contributed by atoms with Crippen LogP contribution >= 0.6 is 11.6 Å². The molecule has 0 unspecified atom stereocenters. The van der Waals surface area contributed by atoms with E-state index < -0.39 is 0 Å². The number of aromatic nitrogens is 1. The summed E-state index contributed by atoms with van der Waals surface area (Å²) in [6.45, 7) is 0.972. The number of benzene rings is 1. The van der Waals surface area contributed by atoms with E-state index in [1.165, 1.54) is 0 Å². The summed E-state index contributed by atoms with van der Waals surface area (Å²) in [4.78, 5) is 4.37. The molecule has 1 heterocycles. The highest BCUT2D eigenvalue weighted by Gasteiger charge is 2.05. The number of halogens is 1. The molecule has 2 aromatic rings. The van der Waals surface area contributed by atoms with Crippen molar-refractivity contribution in [3.8, 4) is 0 Å². The third-order valence-corrected chi connectivity index (χ3v) is 2.45. The summed E-state index contributed by atoms with van der Waals surface area (Å²) in [5, 5.41) is 3.78. The molecule has 0 aliphatic rings. The van der Waals surface area contributed by atoms with Crippen molar-refractivity contribution < 1.29 is 4.42 Å². The van der Waals surface area contributed by atoms with Crippen LogP contribution in [0.5, 0.6) is 0 Å². The summed E-state index contributed by atoms with van der Waals surface area (Å²) in [6, 6.07) is 5.49. The first-order chi connectivity index (χ1) is 7.29. The molecule has 0 spiro atoms. The van der Waals surface area contributed by atoms with Gasteiger partial charge in [-0.1, -0.05) is 11.6 Å². The molecule has 0 aliphatic carbocycles. The van der Waals surface area contributed by atoms with E-state index in [2.05, 4.69) is 10.3 Å². The third kappa shape index (κ3) is 2.49. The minimum atomic E-state index is 0.692. The molecule has 4 heteroatoms. The number of fused-ring (bicyclic) bond motifs is 1. The SMILES string of the molecule is CNCCCc1nc2cc(Cl)ccc2o1. The van der Waals surface area contributed by atoms with Crippen molar-refractivity contribution in [3.63, 3.8) is 0 Å². The molecule has 1 N–H and O–H groups in total. The number of nitrogens with one attached hydrogen (secondary N) is 1. The standard InChI is InChI=1S/C11H13ClN2O/c1-13-6-2-3-11-14-9-7-8(12)4-5-10(9)15-11/h4-5,7,13H,2-3,6H2,1H3. The second-order valence-electron chi connectivity index (χ2n) is 3.43. The fourth-order valence-corrected chi connectivity index (χ4v) is 1.64. The average Bonchev–Trinajstić information content (AvgIpc) is 2.60. The lowest BCUT2D eigenvalue weighted by atomic mass is 10.3. The lowest BCUT2D eigenvalue weighted by Gasteiger charge is -1.94. The van der Waals surface area contributed by atoms with Gasteiger partial charge in [0.25, 0.3) is 0 Å². The Labute approximate surface area is 93.4 Å². The van der Waals surface area contributed by atoms with Crippen LogP contribution in [0, 0.1) is 0 Å². The molecule has 1 aromatic heterocycles. The predicted molar refractivity (Wildman–Crippen MR) is 61.3 cm³/mol. The van der Waals surface area contributed by atoms with E-state index >= 15 is 0 Å². The van der Waals surface area contributed by atoms with Gasteiger partial charge in [0.15, 0.2) is 11.5 Å². The Kier molecular flexibility index (Phi) is 3.23. The molecule has 0 atom stereocenters. The van der Waals surface area contributed by atoms with Gasteiger partial charge in [-0.05, 0) is 38.2 Å². The molecule has 0 saturated carbocycles. The van der Waals surface area contributed by atoms with Crippen molar-refractivity contribution >= 4 is 22.7 Å². The molecule has 0 radical (unpaired) electrons. The van der Waals surface area contributed by atoms with Crippen molar-refractivity contribution in [2.45, 2.75) is 12.8 Å². The van der Waals surface area contributed by atoms with Crippen molar-refractivity contribution in [3.05, 3.63) is 29.1 Å². The van der Waals surface area contributed by atoms with E-state index in [0.29, 0.717) is 5.02 Å². The predicted octanol–water partition coefficient (Wildman–Crippen LogP) is 2.63. The van der Waals surface area contributed by atoms with Gasteiger partial charge in [-0.25, -0.2) is 4.98 Å². The molecular weight excluding hydrogens is 212 g/mol. The summed E-state index contributed by atoms with van der Waals surface area (Å²) in [5.41, 5.74) is 1.64. The number of rotatable bonds is 4. The van der Waals surface area contributed by atoms with Gasteiger partial charge < -0.3 is 9.73 Å². The van der Waals surface area contributed by atoms with Gasteiger partial charge in [-0.15, -0.1) is 0 Å². The normalized spacial score (nSPS) is 11.1. The highest BCUT2D eigenvalue weighted by atomic mass is 35.5. The molecule has 0 aliphatic heterocycles. The number of nitrogens with zero attached hydrogens (tertiary/aromatic N) is 1. The van der Waals surface area contributed by atoms with Crippen LogP contribution in [0.25, 0.3) is 11.1 Å². The molecule has 0 saturated heterocycles. The van der Waals surface area contributed by atoms with Gasteiger partial charge in [0.05, 0.1) is 0 Å². The lowest BCUT2D eigenvalue weighted by molar-refractivity contribution is 0.516. The second kappa shape index (κ2) is 4.64.